The van der Waals surface area contributed by atoms with Gasteiger partial charge in [-0.05, 0) is 6.07 Å². The second-order valence-corrected chi connectivity index (χ2v) is 4.34. The lowest BCUT2D eigenvalue weighted by Gasteiger charge is -2.01. The number of rotatable bonds is 1. The highest BCUT2D eigenvalue weighted by atomic mass is 35.5. The van der Waals surface area contributed by atoms with Crippen molar-refractivity contribution in [1.29, 1.82) is 0 Å². The molecular weight excluding hydrogens is 290 g/mol. The fourth-order valence-electron chi connectivity index (χ4n) is 1.51. The molecule has 0 atom stereocenters. The first-order chi connectivity index (χ1) is 10.2. The zero-order valence-electron chi connectivity index (χ0n) is 10.9. The van der Waals surface area contributed by atoms with Crippen LogP contribution >= 0.6 is 11.6 Å². The number of aromatic nitrogens is 3. The minimum Gasteiger partial charge on any atom is -0.505 e. The summed E-state index contributed by atoms with van der Waals surface area (Å²) in [5.41, 5.74) is 1.25. The van der Waals surface area contributed by atoms with Crippen LogP contribution in [0.5, 0.6) is 11.6 Å². The number of benzene rings is 1. The van der Waals surface area contributed by atoms with Gasteiger partial charge in [0.1, 0.15) is 11.4 Å². The zero-order valence-corrected chi connectivity index (χ0v) is 11.6. The van der Waals surface area contributed by atoms with Gasteiger partial charge in [0.2, 0.25) is 5.88 Å². The maximum Gasteiger partial charge on any atom is 0.210 e. The van der Waals surface area contributed by atoms with Crippen molar-refractivity contribution < 1.29 is 10.2 Å². The first kappa shape index (κ1) is 14.7. The molecule has 0 spiro atoms. The summed E-state index contributed by atoms with van der Waals surface area (Å²) in [4.78, 5) is 3.53. The van der Waals surface area contributed by atoms with Crippen molar-refractivity contribution in [2.75, 3.05) is 0 Å². The standard InChI is InChI=1S/C10H7ClN2O.C5H5NO/c11-9-6-8(14)10(13-12-9)7-4-2-1-3-5-7;7-5-3-1-2-4-6-5/h1-6H,(H,12,14);1-4H,(H,6,7). The van der Waals surface area contributed by atoms with Crippen molar-refractivity contribution in [1.82, 2.24) is 15.2 Å². The van der Waals surface area contributed by atoms with Crippen LogP contribution in [0, 0.1) is 0 Å². The predicted molar refractivity (Wildman–Crippen MR) is 80.0 cm³/mol. The van der Waals surface area contributed by atoms with Crippen LogP contribution in [0.25, 0.3) is 11.3 Å². The average molecular weight is 302 g/mol. The Morgan fingerprint density at radius 2 is 1.57 bits per heavy atom. The van der Waals surface area contributed by atoms with Crippen molar-refractivity contribution >= 4 is 11.6 Å². The van der Waals surface area contributed by atoms with E-state index < -0.39 is 0 Å². The topological polar surface area (TPSA) is 79.1 Å². The Hall–Kier alpha value is -2.66. The molecule has 2 heterocycles. The molecule has 106 valence electrons. The smallest absolute Gasteiger partial charge is 0.210 e. The van der Waals surface area contributed by atoms with E-state index in [1.54, 1.807) is 12.1 Å². The summed E-state index contributed by atoms with van der Waals surface area (Å²) in [7, 11) is 0. The number of hydrogen-bond donors (Lipinski definition) is 2. The number of halogens is 1. The maximum absolute atomic E-state index is 9.56. The Labute approximate surface area is 126 Å². The fraction of sp³-hybridized carbons (Fsp3) is 0. The van der Waals surface area contributed by atoms with Gasteiger partial charge in [-0.15, -0.1) is 10.2 Å². The molecule has 0 aliphatic carbocycles. The summed E-state index contributed by atoms with van der Waals surface area (Å²) in [5, 5.41) is 25.7. The highest BCUT2D eigenvalue weighted by Crippen LogP contribution is 2.26. The van der Waals surface area contributed by atoms with Gasteiger partial charge in [-0.1, -0.05) is 48.0 Å². The van der Waals surface area contributed by atoms with Gasteiger partial charge in [0.15, 0.2) is 5.15 Å². The van der Waals surface area contributed by atoms with E-state index in [9.17, 15) is 5.11 Å². The molecule has 0 saturated carbocycles. The second kappa shape index (κ2) is 7.21. The molecule has 5 nitrogen and oxygen atoms in total. The van der Waals surface area contributed by atoms with E-state index in [-0.39, 0.29) is 16.8 Å². The lowest BCUT2D eigenvalue weighted by atomic mass is 10.1. The van der Waals surface area contributed by atoms with Crippen molar-refractivity contribution in [2.24, 2.45) is 0 Å². The van der Waals surface area contributed by atoms with Gasteiger partial charge in [-0.2, -0.15) is 0 Å². The molecule has 0 aliphatic heterocycles. The first-order valence-electron chi connectivity index (χ1n) is 6.04. The minimum atomic E-state index is 0.0381. The Morgan fingerprint density at radius 1 is 0.857 bits per heavy atom. The quantitative estimate of drug-likeness (QED) is 0.721. The van der Waals surface area contributed by atoms with Crippen LogP contribution in [0.2, 0.25) is 5.15 Å². The van der Waals surface area contributed by atoms with E-state index in [4.69, 9.17) is 16.7 Å². The summed E-state index contributed by atoms with van der Waals surface area (Å²) in [6.07, 6.45) is 1.54. The molecule has 21 heavy (non-hydrogen) atoms. The SMILES string of the molecule is Oc1cc(Cl)nnc1-c1ccccc1.Oc1ccccn1. The van der Waals surface area contributed by atoms with Crippen molar-refractivity contribution in [3.8, 4) is 22.9 Å². The molecule has 0 saturated heterocycles. The van der Waals surface area contributed by atoms with E-state index in [0.717, 1.165) is 5.56 Å². The number of hydrogen-bond acceptors (Lipinski definition) is 5. The monoisotopic (exact) mass is 301 g/mol. The highest BCUT2D eigenvalue weighted by molar-refractivity contribution is 6.29. The minimum absolute atomic E-state index is 0.0381. The molecule has 2 aromatic heterocycles. The van der Waals surface area contributed by atoms with E-state index in [0.29, 0.717) is 5.69 Å². The molecular formula is C15H12ClN3O2. The van der Waals surface area contributed by atoms with Gasteiger partial charge in [0, 0.05) is 23.9 Å². The molecule has 0 bridgehead atoms. The molecule has 6 heteroatoms. The molecule has 0 radical (unpaired) electrons. The Kier molecular flexibility index (Phi) is 5.06. The van der Waals surface area contributed by atoms with E-state index in [1.807, 2.05) is 30.3 Å². The first-order valence-corrected chi connectivity index (χ1v) is 6.42. The number of aromatic hydroxyl groups is 2. The van der Waals surface area contributed by atoms with Crippen molar-refractivity contribution in [3.63, 3.8) is 0 Å². The van der Waals surface area contributed by atoms with E-state index in [1.165, 1.54) is 18.3 Å². The van der Waals surface area contributed by atoms with Crippen molar-refractivity contribution in [2.45, 2.75) is 0 Å². The summed E-state index contributed by atoms with van der Waals surface area (Å²) >= 11 is 5.57. The van der Waals surface area contributed by atoms with Crippen LogP contribution in [0.15, 0.2) is 60.8 Å². The molecule has 0 amide bonds. The third-order valence-corrected chi connectivity index (χ3v) is 2.63. The van der Waals surface area contributed by atoms with Crippen LogP contribution in [-0.4, -0.2) is 25.4 Å². The normalized spacial score (nSPS) is 9.57. The van der Waals surface area contributed by atoms with Crippen LogP contribution in [0.4, 0.5) is 0 Å². The largest absolute Gasteiger partial charge is 0.505 e. The van der Waals surface area contributed by atoms with E-state index in [2.05, 4.69) is 15.2 Å². The van der Waals surface area contributed by atoms with Gasteiger partial charge in [-0.25, -0.2) is 4.98 Å². The van der Waals surface area contributed by atoms with Crippen LogP contribution in [-0.2, 0) is 0 Å². The van der Waals surface area contributed by atoms with Gasteiger partial charge in [0.05, 0.1) is 0 Å². The van der Waals surface area contributed by atoms with Gasteiger partial charge >= 0.3 is 0 Å². The predicted octanol–water partition coefficient (Wildman–Crippen LogP) is 3.29. The van der Waals surface area contributed by atoms with Gasteiger partial charge in [0.25, 0.3) is 0 Å². The number of pyridine rings is 1. The van der Waals surface area contributed by atoms with Gasteiger partial charge in [-0.3, -0.25) is 0 Å². The Morgan fingerprint density at radius 3 is 2.10 bits per heavy atom. The molecule has 0 aliphatic rings. The second-order valence-electron chi connectivity index (χ2n) is 3.95. The average Bonchev–Trinajstić information content (AvgIpc) is 2.49. The molecule has 1 aromatic carbocycles. The van der Waals surface area contributed by atoms with Gasteiger partial charge < -0.3 is 10.2 Å². The summed E-state index contributed by atoms with van der Waals surface area (Å²) in [6.45, 7) is 0. The lowest BCUT2D eigenvalue weighted by molar-refractivity contribution is 0.453. The number of nitrogens with zero attached hydrogens (tertiary/aromatic N) is 3. The molecule has 3 rings (SSSR count). The summed E-state index contributed by atoms with van der Waals surface area (Å²) in [5.74, 6) is 0.110. The third kappa shape index (κ3) is 4.43. The van der Waals surface area contributed by atoms with Crippen LogP contribution < -0.4 is 0 Å². The van der Waals surface area contributed by atoms with Crippen LogP contribution in [0.1, 0.15) is 0 Å². The van der Waals surface area contributed by atoms with Crippen molar-refractivity contribution in [3.05, 3.63) is 65.9 Å². The summed E-state index contributed by atoms with van der Waals surface area (Å²) in [6, 6.07) is 15.7. The molecule has 0 unspecified atom stereocenters. The third-order valence-electron chi connectivity index (χ3n) is 2.44. The summed E-state index contributed by atoms with van der Waals surface area (Å²) < 4.78 is 0. The highest BCUT2D eigenvalue weighted by Gasteiger charge is 2.06. The Bertz CT molecular complexity index is 694. The maximum atomic E-state index is 9.56. The van der Waals surface area contributed by atoms with Crippen LogP contribution in [0.3, 0.4) is 0 Å². The molecule has 3 aromatic rings. The lowest BCUT2D eigenvalue weighted by Crippen LogP contribution is -1.88. The zero-order chi connectivity index (χ0) is 15.1. The fourth-order valence-corrected chi connectivity index (χ4v) is 1.66. The Balaban J connectivity index is 0.000000194. The van der Waals surface area contributed by atoms with E-state index >= 15 is 0 Å². The molecule has 0 fully saturated rings. The molecule has 2 N–H and O–H groups in total.